The molecule has 5 nitrogen and oxygen atoms in total. The third-order valence-corrected chi connectivity index (χ3v) is 3.79. The van der Waals surface area contributed by atoms with Gasteiger partial charge in [-0.2, -0.15) is 0 Å². The summed E-state index contributed by atoms with van der Waals surface area (Å²) in [6.07, 6.45) is 3.03. The molecule has 1 aromatic heterocycles. The van der Waals surface area contributed by atoms with Crippen LogP contribution in [-0.2, 0) is 11.3 Å². The molecule has 1 fully saturated rings. The molecule has 1 saturated heterocycles. The minimum absolute atomic E-state index is 0.0960. The van der Waals surface area contributed by atoms with Crippen LogP contribution in [0.1, 0.15) is 37.6 Å². The number of amides is 1. The Kier molecular flexibility index (Phi) is 4.96. The summed E-state index contributed by atoms with van der Waals surface area (Å²) in [6, 6.07) is 1.84. The van der Waals surface area contributed by atoms with Gasteiger partial charge in [0.05, 0.1) is 6.54 Å². The van der Waals surface area contributed by atoms with Crippen molar-refractivity contribution >= 4 is 5.91 Å². The van der Waals surface area contributed by atoms with Gasteiger partial charge in [-0.1, -0.05) is 12.1 Å². The molecule has 19 heavy (non-hydrogen) atoms. The van der Waals surface area contributed by atoms with Crippen LogP contribution in [0.15, 0.2) is 10.6 Å². The summed E-state index contributed by atoms with van der Waals surface area (Å²) in [5.41, 5.74) is 0.776. The van der Waals surface area contributed by atoms with Crippen molar-refractivity contribution in [2.24, 2.45) is 11.8 Å². The molecule has 1 amide bonds. The van der Waals surface area contributed by atoms with E-state index in [1.807, 2.05) is 13.0 Å². The molecule has 0 bridgehead atoms. The molecular weight excluding hydrogens is 242 g/mol. The number of aryl methyl sites for hydroxylation is 1. The van der Waals surface area contributed by atoms with E-state index in [4.69, 9.17) is 4.52 Å². The van der Waals surface area contributed by atoms with Gasteiger partial charge < -0.3 is 15.2 Å². The van der Waals surface area contributed by atoms with Crippen molar-refractivity contribution in [2.45, 2.75) is 39.7 Å². The molecule has 2 unspecified atom stereocenters. The normalized spacial score (nSPS) is 21.1. The molecule has 5 heteroatoms. The highest BCUT2D eigenvalue weighted by Gasteiger charge is 2.21. The maximum atomic E-state index is 11.9. The van der Waals surface area contributed by atoms with Crippen molar-refractivity contribution in [2.75, 3.05) is 13.1 Å². The third kappa shape index (κ3) is 4.35. The van der Waals surface area contributed by atoms with E-state index in [2.05, 4.69) is 22.7 Å². The zero-order valence-electron chi connectivity index (χ0n) is 11.7. The first-order chi connectivity index (χ1) is 9.15. The fourth-order valence-corrected chi connectivity index (χ4v) is 2.59. The molecule has 1 aliphatic rings. The third-order valence-electron chi connectivity index (χ3n) is 3.79. The summed E-state index contributed by atoms with van der Waals surface area (Å²) < 4.78 is 4.96. The lowest BCUT2D eigenvalue weighted by molar-refractivity contribution is -0.122. The van der Waals surface area contributed by atoms with Crippen molar-refractivity contribution in [1.29, 1.82) is 0 Å². The maximum absolute atomic E-state index is 11.9. The van der Waals surface area contributed by atoms with E-state index in [0.29, 0.717) is 24.8 Å². The first kappa shape index (κ1) is 14.1. The van der Waals surface area contributed by atoms with Gasteiger partial charge in [-0.05, 0) is 44.7 Å². The van der Waals surface area contributed by atoms with Crippen LogP contribution >= 0.6 is 0 Å². The van der Waals surface area contributed by atoms with E-state index < -0.39 is 0 Å². The largest absolute Gasteiger partial charge is 0.361 e. The van der Waals surface area contributed by atoms with Crippen LogP contribution in [-0.4, -0.2) is 24.2 Å². The van der Waals surface area contributed by atoms with Crippen molar-refractivity contribution in [3.05, 3.63) is 17.5 Å². The standard InChI is InChI=1S/C14H23N3O2/c1-10(12-4-3-5-15-8-12)6-14(18)16-9-13-7-11(2)19-17-13/h7,10,12,15H,3-6,8-9H2,1-2H3,(H,16,18). The average molecular weight is 265 g/mol. The average Bonchev–Trinajstić information content (AvgIpc) is 2.83. The number of hydrogen-bond acceptors (Lipinski definition) is 4. The second-order valence-corrected chi connectivity index (χ2v) is 5.49. The smallest absolute Gasteiger partial charge is 0.220 e. The van der Waals surface area contributed by atoms with E-state index in [-0.39, 0.29) is 5.91 Å². The lowest BCUT2D eigenvalue weighted by Crippen LogP contribution is -2.35. The topological polar surface area (TPSA) is 67.2 Å². The van der Waals surface area contributed by atoms with Gasteiger partial charge in [-0.25, -0.2) is 0 Å². The molecule has 2 heterocycles. The first-order valence-corrected chi connectivity index (χ1v) is 7.04. The SMILES string of the molecule is Cc1cc(CNC(=O)CC(C)C2CCCNC2)no1. The molecule has 0 aliphatic carbocycles. The van der Waals surface area contributed by atoms with Crippen LogP contribution < -0.4 is 10.6 Å². The maximum Gasteiger partial charge on any atom is 0.220 e. The second kappa shape index (κ2) is 6.70. The Balaban J connectivity index is 1.71. The molecule has 1 aromatic rings. The molecule has 0 aromatic carbocycles. The Morgan fingerprint density at radius 2 is 2.53 bits per heavy atom. The van der Waals surface area contributed by atoms with Gasteiger partial charge in [0.25, 0.3) is 0 Å². The summed E-state index contributed by atoms with van der Waals surface area (Å²) in [5, 5.41) is 10.2. The predicted molar refractivity (Wildman–Crippen MR) is 72.5 cm³/mol. The summed E-state index contributed by atoms with van der Waals surface area (Å²) in [4.78, 5) is 11.9. The summed E-state index contributed by atoms with van der Waals surface area (Å²) in [6.45, 7) is 6.61. The fourth-order valence-electron chi connectivity index (χ4n) is 2.59. The van der Waals surface area contributed by atoms with Gasteiger partial charge in [0.15, 0.2) is 0 Å². The highest BCUT2D eigenvalue weighted by molar-refractivity contribution is 5.76. The number of aromatic nitrogens is 1. The van der Waals surface area contributed by atoms with Gasteiger partial charge in [-0.15, -0.1) is 0 Å². The Bertz CT molecular complexity index is 411. The molecule has 0 radical (unpaired) electrons. The number of nitrogens with one attached hydrogen (secondary N) is 2. The van der Waals surface area contributed by atoms with Crippen LogP contribution in [0.5, 0.6) is 0 Å². The van der Waals surface area contributed by atoms with Gasteiger partial charge in [0, 0.05) is 12.5 Å². The number of hydrogen-bond donors (Lipinski definition) is 2. The fraction of sp³-hybridized carbons (Fsp3) is 0.714. The number of rotatable bonds is 5. The summed E-state index contributed by atoms with van der Waals surface area (Å²) in [7, 11) is 0. The molecule has 0 spiro atoms. The zero-order valence-corrected chi connectivity index (χ0v) is 11.7. The van der Waals surface area contributed by atoms with Gasteiger partial charge in [0.2, 0.25) is 5.91 Å². The van der Waals surface area contributed by atoms with Crippen LogP contribution in [0.4, 0.5) is 0 Å². The molecule has 2 atom stereocenters. The number of nitrogens with zero attached hydrogens (tertiary/aromatic N) is 1. The molecule has 0 saturated carbocycles. The molecule has 2 rings (SSSR count). The van der Waals surface area contributed by atoms with Crippen LogP contribution in [0.2, 0.25) is 0 Å². The second-order valence-electron chi connectivity index (χ2n) is 5.49. The lowest BCUT2D eigenvalue weighted by atomic mass is 9.85. The molecular formula is C14H23N3O2. The van der Waals surface area contributed by atoms with Crippen molar-refractivity contribution in [1.82, 2.24) is 15.8 Å². The van der Waals surface area contributed by atoms with Crippen molar-refractivity contribution < 1.29 is 9.32 Å². The Morgan fingerprint density at radius 1 is 1.68 bits per heavy atom. The predicted octanol–water partition coefficient (Wildman–Crippen LogP) is 1.63. The van der Waals surface area contributed by atoms with Crippen LogP contribution in [0.25, 0.3) is 0 Å². The van der Waals surface area contributed by atoms with Gasteiger partial charge in [-0.3, -0.25) is 4.79 Å². The first-order valence-electron chi connectivity index (χ1n) is 7.04. The van der Waals surface area contributed by atoms with Crippen molar-refractivity contribution in [3.8, 4) is 0 Å². The zero-order chi connectivity index (χ0) is 13.7. The molecule has 1 aliphatic heterocycles. The Hall–Kier alpha value is -1.36. The number of carbonyl (C=O) groups is 1. The molecule has 106 valence electrons. The van der Waals surface area contributed by atoms with E-state index in [0.717, 1.165) is 24.5 Å². The summed E-state index contributed by atoms with van der Waals surface area (Å²) >= 11 is 0. The Morgan fingerprint density at radius 3 is 3.16 bits per heavy atom. The highest BCUT2D eigenvalue weighted by Crippen LogP contribution is 2.22. The van der Waals surface area contributed by atoms with Gasteiger partial charge >= 0.3 is 0 Å². The van der Waals surface area contributed by atoms with Crippen molar-refractivity contribution in [3.63, 3.8) is 0 Å². The highest BCUT2D eigenvalue weighted by atomic mass is 16.5. The van der Waals surface area contributed by atoms with Crippen LogP contribution in [0.3, 0.4) is 0 Å². The lowest BCUT2D eigenvalue weighted by Gasteiger charge is -2.27. The van der Waals surface area contributed by atoms with Crippen LogP contribution in [0, 0.1) is 18.8 Å². The quantitative estimate of drug-likeness (QED) is 0.849. The van der Waals surface area contributed by atoms with Gasteiger partial charge in [0.1, 0.15) is 11.5 Å². The van der Waals surface area contributed by atoms with E-state index >= 15 is 0 Å². The number of carbonyl (C=O) groups excluding carboxylic acids is 1. The van der Waals surface area contributed by atoms with E-state index in [1.165, 1.54) is 12.8 Å². The van der Waals surface area contributed by atoms with E-state index in [9.17, 15) is 4.79 Å². The minimum Gasteiger partial charge on any atom is -0.361 e. The summed E-state index contributed by atoms with van der Waals surface area (Å²) in [5.74, 6) is 1.91. The molecule has 2 N–H and O–H groups in total. The monoisotopic (exact) mass is 265 g/mol. The Labute approximate surface area is 114 Å². The van der Waals surface area contributed by atoms with E-state index in [1.54, 1.807) is 0 Å². The minimum atomic E-state index is 0.0960. The number of piperidine rings is 1.